The molecule has 12 nitrogen and oxygen atoms in total. The molecule has 1 aliphatic heterocycles. The van der Waals surface area contributed by atoms with Gasteiger partial charge in [0.05, 0.1) is 23.6 Å². The Kier molecular flexibility index (Phi) is 10.1. The molecule has 0 radical (unpaired) electrons. The Balaban J connectivity index is 1.15. The molecule has 1 aliphatic rings. The normalized spacial score (nSPS) is 14.4. The van der Waals surface area contributed by atoms with E-state index in [0.717, 1.165) is 48.5 Å². The topological polar surface area (TPSA) is 141 Å². The minimum absolute atomic E-state index is 0.0501. The van der Waals surface area contributed by atoms with E-state index in [0.29, 0.717) is 12.5 Å². The molecule has 0 saturated carbocycles. The lowest BCUT2D eigenvalue weighted by Crippen LogP contribution is -2.45. The second-order valence-corrected chi connectivity index (χ2v) is 11.4. The Morgan fingerprint density at radius 1 is 1.09 bits per heavy atom. The monoisotopic (exact) mass is 618 g/mol. The number of carbonyl (C=O) groups excluding carboxylic acids is 2. The molecule has 0 bridgehead atoms. The van der Waals surface area contributed by atoms with Crippen LogP contribution in [-0.2, 0) is 20.9 Å². The Hall–Kier alpha value is -4.78. The van der Waals surface area contributed by atoms with Crippen molar-refractivity contribution in [3.8, 4) is 5.88 Å². The van der Waals surface area contributed by atoms with Crippen molar-refractivity contribution in [1.29, 1.82) is 0 Å². The number of hydrogen-bond acceptors (Lipinski definition) is 10. The molecule has 4 aromatic rings. The highest BCUT2D eigenvalue weighted by atomic mass is 19.1. The second kappa shape index (κ2) is 14.3. The minimum Gasteiger partial charge on any atom is -0.440 e. The highest BCUT2D eigenvalue weighted by Crippen LogP contribution is 2.28. The van der Waals surface area contributed by atoms with Crippen LogP contribution in [0.25, 0.3) is 11.0 Å². The maximum Gasteiger partial charge on any atom is 0.328 e. The number of fused-ring (bicyclic) bond motifs is 1. The standard InChI is InChI=1S/C32H39FN8O4/c1-21(2)29(34)30(43)36-18-28(42)45-20-44-27-12-15-35-31(38-27)39(3)24-13-16-40(17-14-24)32-37-25-6-4-5-7-26(25)41(32)19-22-8-10-23(33)11-9-22/h4-12,15,21,24,29H,13-14,16-20,34H2,1-3H3,(H,36,43). The van der Waals surface area contributed by atoms with Gasteiger partial charge in [-0.3, -0.25) is 9.59 Å². The number of aromatic nitrogens is 4. The number of amides is 1. The zero-order chi connectivity index (χ0) is 31.9. The summed E-state index contributed by atoms with van der Waals surface area (Å²) in [7, 11) is 1.95. The van der Waals surface area contributed by atoms with Gasteiger partial charge in [0.2, 0.25) is 30.5 Å². The first-order valence-electron chi connectivity index (χ1n) is 15.0. The molecule has 0 aliphatic carbocycles. The number of benzene rings is 2. The fraction of sp³-hybridized carbons (Fsp3) is 0.406. The number of para-hydroxylation sites is 2. The number of nitrogens with two attached hydrogens (primary N) is 1. The lowest BCUT2D eigenvalue weighted by Gasteiger charge is -2.37. The van der Waals surface area contributed by atoms with E-state index in [1.807, 2.05) is 56.1 Å². The van der Waals surface area contributed by atoms with Gasteiger partial charge in [0, 0.05) is 38.4 Å². The molecule has 3 heterocycles. The number of piperidine rings is 1. The summed E-state index contributed by atoms with van der Waals surface area (Å²) in [6.45, 7) is 5.14. The van der Waals surface area contributed by atoms with E-state index in [-0.39, 0.29) is 37.0 Å². The predicted octanol–water partition coefficient (Wildman–Crippen LogP) is 3.10. The molecule has 1 atom stereocenters. The van der Waals surface area contributed by atoms with Gasteiger partial charge >= 0.3 is 5.97 Å². The quantitative estimate of drug-likeness (QED) is 0.180. The zero-order valence-corrected chi connectivity index (χ0v) is 25.7. The first-order valence-corrected chi connectivity index (χ1v) is 15.0. The van der Waals surface area contributed by atoms with Gasteiger partial charge in [-0.1, -0.05) is 38.1 Å². The fourth-order valence-electron chi connectivity index (χ4n) is 5.22. The molecule has 2 aromatic carbocycles. The number of rotatable bonds is 12. The molecular weight excluding hydrogens is 579 g/mol. The molecule has 1 saturated heterocycles. The number of carbonyl (C=O) groups is 2. The number of esters is 1. The van der Waals surface area contributed by atoms with Crippen LogP contribution in [0.2, 0.25) is 0 Å². The lowest BCUT2D eigenvalue weighted by molar-refractivity contribution is -0.150. The number of hydrogen-bond donors (Lipinski definition) is 2. The number of nitrogens with one attached hydrogen (secondary N) is 1. The molecule has 1 fully saturated rings. The fourth-order valence-corrected chi connectivity index (χ4v) is 5.22. The van der Waals surface area contributed by atoms with Gasteiger partial charge < -0.3 is 34.9 Å². The van der Waals surface area contributed by atoms with Crippen LogP contribution in [0, 0.1) is 11.7 Å². The van der Waals surface area contributed by atoms with Gasteiger partial charge in [0.1, 0.15) is 12.4 Å². The van der Waals surface area contributed by atoms with Crippen LogP contribution >= 0.6 is 0 Å². The molecule has 238 valence electrons. The minimum atomic E-state index is -0.700. The van der Waals surface area contributed by atoms with Crippen LogP contribution in [0.5, 0.6) is 5.88 Å². The van der Waals surface area contributed by atoms with Crippen LogP contribution in [0.15, 0.2) is 60.8 Å². The summed E-state index contributed by atoms with van der Waals surface area (Å²) >= 11 is 0. The van der Waals surface area contributed by atoms with Gasteiger partial charge in [-0.25, -0.2) is 14.4 Å². The van der Waals surface area contributed by atoms with Crippen molar-refractivity contribution in [3.05, 3.63) is 72.2 Å². The molecule has 0 spiro atoms. The van der Waals surface area contributed by atoms with Gasteiger partial charge in [0.25, 0.3) is 0 Å². The predicted molar refractivity (Wildman–Crippen MR) is 168 cm³/mol. The van der Waals surface area contributed by atoms with Crippen LogP contribution < -0.4 is 25.6 Å². The van der Waals surface area contributed by atoms with E-state index in [2.05, 4.69) is 30.8 Å². The maximum absolute atomic E-state index is 13.5. The van der Waals surface area contributed by atoms with Crippen LogP contribution in [-0.4, -0.2) is 77.0 Å². The lowest BCUT2D eigenvalue weighted by atomic mass is 10.0. The molecule has 1 unspecified atom stereocenters. The van der Waals surface area contributed by atoms with Crippen LogP contribution in [0.1, 0.15) is 32.3 Å². The second-order valence-electron chi connectivity index (χ2n) is 11.4. The van der Waals surface area contributed by atoms with Crippen molar-refractivity contribution in [2.75, 3.05) is 43.3 Å². The number of ether oxygens (including phenoxy) is 2. The van der Waals surface area contributed by atoms with Crippen molar-refractivity contribution in [1.82, 2.24) is 24.8 Å². The first-order chi connectivity index (χ1) is 21.7. The summed E-state index contributed by atoms with van der Waals surface area (Å²) in [6, 6.07) is 15.7. The van der Waals surface area contributed by atoms with E-state index in [1.165, 1.54) is 12.1 Å². The first kappa shape index (κ1) is 31.6. The SMILES string of the molecule is CC(C)C(N)C(=O)NCC(=O)OCOc1ccnc(N(C)C2CCN(c3nc4ccccc4n3Cc3ccc(F)cc3)CC2)n1. The third-order valence-electron chi connectivity index (χ3n) is 7.97. The van der Waals surface area contributed by atoms with Crippen molar-refractivity contribution in [2.45, 2.75) is 45.3 Å². The number of anilines is 2. The average Bonchev–Trinajstić information content (AvgIpc) is 3.42. The molecule has 2 aromatic heterocycles. The third-order valence-corrected chi connectivity index (χ3v) is 7.97. The smallest absolute Gasteiger partial charge is 0.328 e. The Labute approximate surface area is 261 Å². The van der Waals surface area contributed by atoms with Gasteiger partial charge in [-0.15, -0.1) is 0 Å². The van der Waals surface area contributed by atoms with E-state index in [1.54, 1.807) is 12.3 Å². The summed E-state index contributed by atoms with van der Waals surface area (Å²) in [5.41, 5.74) is 8.73. The summed E-state index contributed by atoms with van der Waals surface area (Å²) in [6.07, 6.45) is 3.31. The Bertz CT molecular complexity index is 1600. The Morgan fingerprint density at radius 3 is 2.56 bits per heavy atom. The van der Waals surface area contributed by atoms with Crippen molar-refractivity contribution < 1.29 is 23.5 Å². The molecular formula is C32H39FN8O4. The maximum atomic E-state index is 13.5. The summed E-state index contributed by atoms with van der Waals surface area (Å²) < 4.78 is 26.3. The Morgan fingerprint density at radius 2 is 1.82 bits per heavy atom. The summed E-state index contributed by atoms with van der Waals surface area (Å²) in [4.78, 5) is 42.1. The number of halogens is 1. The average molecular weight is 619 g/mol. The molecule has 5 rings (SSSR count). The van der Waals surface area contributed by atoms with E-state index < -0.39 is 17.9 Å². The largest absolute Gasteiger partial charge is 0.440 e. The molecule has 1 amide bonds. The van der Waals surface area contributed by atoms with Crippen molar-refractivity contribution in [3.63, 3.8) is 0 Å². The van der Waals surface area contributed by atoms with Crippen LogP contribution in [0.4, 0.5) is 16.3 Å². The zero-order valence-electron chi connectivity index (χ0n) is 25.7. The summed E-state index contributed by atoms with van der Waals surface area (Å²) in [5, 5.41) is 2.46. The van der Waals surface area contributed by atoms with Crippen molar-refractivity contribution in [2.24, 2.45) is 11.7 Å². The highest BCUT2D eigenvalue weighted by molar-refractivity contribution is 5.85. The van der Waals surface area contributed by atoms with E-state index in [9.17, 15) is 14.0 Å². The number of nitrogens with zero attached hydrogens (tertiary/aromatic N) is 6. The highest BCUT2D eigenvalue weighted by Gasteiger charge is 2.27. The molecule has 13 heteroatoms. The third kappa shape index (κ3) is 7.85. The van der Waals surface area contributed by atoms with Gasteiger partial charge in [-0.05, 0) is 48.6 Å². The molecule has 45 heavy (non-hydrogen) atoms. The van der Waals surface area contributed by atoms with E-state index in [4.69, 9.17) is 20.2 Å². The summed E-state index contributed by atoms with van der Waals surface area (Å²) in [5.74, 6) is 0.282. The molecule has 3 N–H and O–H groups in total. The van der Waals surface area contributed by atoms with Gasteiger partial charge in [-0.2, -0.15) is 4.98 Å². The van der Waals surface area contributed by atoms with Crippen molar-refractivity contribution >= 4 is 34.8 Å². The number of imidazole rings is 1. The van der Waals surface area contributed by atoms with E-state index >= 15 is 0 Å². The van der Waals surface area contributed by atoms with Crippen LogP contribution in [0.3, 0.4) is 0 Å². The van der Waals surface area contributed by atoms with Gasteiger partial charge in [0.15, 0.2) is 0 Å².